The van der Waals surface area contributed by atoms with Gasteiger partial charge in [0, 0.05) is 0 Å². The number of rotatable bonds is 2. The van der Waals surface area contributed by atoms with Crippen LogP contribution in [0.3, 0.4) is 0 Å². The standard InChI is InChI=1S/C13H20O2/c1-7-9(5-12(14)15)8(2)11-6-10(7)13(11,3)4/h7,10-11H,5-6H2,1-4H3,(H,14,15). The third kappa shape index (κ3) is 1.34. The summed E-state index contributed by atoms with van der Waals surface area (Å²) in [5.74, 6) is 1.10. The van der Waals surface area contributed by atoms with E-state index in [-0.39, 0.29) is 6.42 Å². The van der Waals surface area contributed by atoms with E-state index in [1.54, 1.807) is 0 Å². The van der Waals surface area contributed by atoms with Crippen LogP contribution in [0.1, 0.15) is 40.5 Å². The molecule has 0 radical (unpaired) electrons. The molecule has 1 N–H and O–H groups in total. The minimum absolute atomic E-state index is 0.246. The van der Waals surface area contributed by atoms with Crippen molar-refractivity contribution < 1.29 is 9.90 Å². The van der Waals surface area contributed by atoms with E-state index in [1.165, 1.54) is 17.6 Å². The zero-order valence-electron chi connectivity index (χ0n) is 10.0. The van der Waals surface area contributed by atoms with Crippen molar-refractivity contribution in [2.45, 2.75) is 40.5 Å². The Hall–Kier alpha value is -0.790. The minimum Gasteiger partial charge on any atom is -0.481 e. The maximum absolute atomic E-state index is 10.8. The highest BCUT2D eigenvalue weighted by Crippen LogP contribution is 2.63. The van der Waals surface area contributed by atoms with Gasteiger partial charge in [0.2, 0.25) is 0 Å². The molecular weight excluding hydrogens is 188 g/mol. The number of carboxylic acid groups (broad SMARTS) is 1. The normalized spacial score (nSPS) is 37.5. The summed E-state index contributed by atoms with van der Waals surface area (Å²) in [5.41, 5.74) is 2.95. The van der Waals surface area contributed by atoms with E-state index in [0.717, 1.165) is 0 Å². The highest BCUT2D eigenvalue weighted by Gasteiger charge is 2.55. The topological polar surface area (TPSA) is 37.3 Å². The summed E-state index contributed by atoms with van der Waals surface area (Å²) >= 11 is 0. The summed E-state index contributed by atoms with van der Waals surface area (Å²) in [6, 6.07) is 0. The van der Waals surface area contributed by atoms with E-state index in [1.807, 2.05) is 0 Å². The lowest BCUT2D eigenvalue weighted by atomic mass is 9.44. The Morgan fingerprint density at radius 1 is 1.53 bits per heavy atom. The van der Waals surface area contributed by atoms with Crippen LogP contribution in [0.25, 0.3) is 0 Å². The molecule has 3 rings (SSSR count). The van der Waals surface area contributed by atoms with E-state index < -0.39 is 5.97 Å². The Bertz CT molecular complexity index is 338. The van der Waals surface area contributed by atoms with Gasteiger partial charge >= 0.3 is 5.97 Å². The lowest BCUT2D eigenvalue weighted by Crippen LogP contribution is -2.52. The fraction of sp³-hybridized carbons (Fsp3) is 0.769. The number of allylic oxidation sites excluding steroid dienone is 1. The van der Waals surface area contributed by atoms with E-state index in [9.17, 15) is 4.79 Å². The Balaban J connectivity index is 2.32. The fourth-order valence-corrected chi connectivity index (χ4v) is 3.83. The third-order valence-electron chi connectivity index (χ3n) is 4.87. The Morgan fingerprint density at radius 2 is 2.13 bits per heavy atom. The van der Waals surface area contributed by atoms with Crippen molar-refractivity contribution in [3.05, 3.63) is 11.1 Å². The molecule has 3 aliphatic carbocycles. The van der Waals surface area contributed by atoms with Gasteiger partial charge in [-0.05, 0) is 36.5 Å². The molecule has 0 amide bonds. The first-order valence-electron chi connectivity index (χ1n) is 5.77. The zero-order valence-corrected chi connectivity index (χ0v) is 10.0. The lowest BCUT2D eigenvalue weighted by Gasteiger charge is -2.60. The van der Waals surface area contributed by atoms with Gasteiger partial charge < -0.3 is 5.11 Å². The van der Waals surface area contributed by atoms with Crippen molar-refractivity contribution in [1.82, 2.24) is 0 Å². The molecule has 3 atom stereocenters. The lowest BCUT2D eigenvalue weighted by molar-refractivity contribution is -0.136. The number of hydrogen-bond donors (Lipinski definition) is 1. The summed E-state index contributed by atoms with van der Waals surface area (Å²) in [6.07, 6.45) is 1.51. The van der Waals surface area contributed by atoms with Crippen LogP contribution in [0.5, 0.6) is 0 Å². The minimum atomic E-state index is -0.685. The van der Waals surface area contributed by atoms with Crippen molar-refractivity contribution in [1.29, 1.82) is 0 Å². The third-order valence-corrected chi connectivity index (χ3v) is 4.87. The van der Waals surface area contributed by atoms with Crippen LogP contribution in [-0.2, 0) is 4.79 Å². The Labute approximate surface area is 91.4 Å². The molecule has 2 nitrogen and oxygen atoms in total. The first-order chi connectivity index (χ1) is 6.85. The van der Waals surface area contributed by atoms with Gasteiger partial charge in [0.15, 0.2) is 0 Å². The molecule has 3 unspecified atom stereocenters. The predicted molar refractivity (Wildman–Crippen MR) is 59.5 cm³/mol. The van der Waals surface area contributed by atoms with Crippen LogP contribution in [-0.4, -0.2) is 11.1 Å². The Morgan fingerprint density at radius 3 is 2.53 bits per heavy atom. The van der Waals surface area contributed by atoms with Gasteiger partial charge in [0.05, 0.1) is 6.42 Å². The summed E-state index contributed by atoms with van der Waals surface area (Å²) in [7, 11) is 0. The molecule has 2 bridgehead atoms. The second-order valence-corrected chi connectivity index (χ2v) is 5.78. The predicted octanol–water partition coefficient (Wildman–Crippen LogP) is 3.09. The molecule has 0 aromatic heterocycles. The van der Waals surface area contributed by atoms with Gasteiger partial charge in [0.25, 0.3) is 0 Å². The van der Waals surface area contributed by atoms with Crippen molar-refractivity contribution >= 4 is 5.97 Å². The van der Waals surface area contributed by atoms with E-state index >= 15 is 0 Å². The molecule has 3 aliphatic rings. The van der Waals surface area contributed by atoms with Crippen LogP contribution in [0.2, 0.25) is 0 Å². The SMILES string of the molecule is CC1=C(CC(=O)O)C(C)C2CC1C2(C)C. The molecule has 0 aromatic carbocycles. The van der Waals surface area contributed by atoms with Crippen LogP contribution < -0.4 is 0 Å². The van der Waals surface area contributed by atoms with Gasteiger partial charge in [-0.1, -0.05) is 31.9 Å². The fourth-order valence-electron chi connectivity index (χ4n) is 3.83. The molecule has 15 heavy (non-hydrogen) atoms. The highest BCUT2D eigenvalue weighted by atomic mass is 16.4. The molecular formula is C13H20O2. The maximum atomic E-state index is 10.8. The number of carbonyl (C=O) groups is 1. The molecule has 0 saturated heterocycles. The number of fused-ring (bicyclic) bond motifs is 1. The van der Waals surface area contributed by atoms with Gasteiger partial charge in [-0.3, -0.25) is 4.79 Å². The van der Waals surface area contributed by atoms with Crippen molar-refractivity contribution in [2.24, 2.45) is 23.2 Å². The number of hydrogen-bond acceptors (Lipinski definition) is 1. The monoisotopic (exact) mass is 208 g/mol. The second kappa shape index (κ2) is 3.10. The molecule has 0 aromatic rings. The van der Waals surface area contributed by atoms with Crippen LogP contribution in [0.15, 0.2) is 11.1 Å². The molecule has 1 saturated carbocycles. The second-order valence-electron chi connectivity index (χ2n) is 5.78. The van der Waals surface area contributed by atoms with Crippen LogP contribution in [0, 0.1) is 23.2 Å². The first kappa shape index (κ1) is 10.7. The van der Waals surface area contributed by atoms with E-state index in [2.05, 4.69) is 27.7 Å². The molecule has 84 valence electrons. The quantitative estimate of drug-likeness (QED) is 0.708. The van der Waals surface area contributed by atoms with Gasteiger partial charge in [-0.2, -0.15) is 0 Å². The van der Waals surface area contributed by atoms with Crippen LogP contribution in [0.4, 0.5) is 0 Å². The molecule has 2 heteroatoms. The summed E-state index contributed by atoms with van der Waals surface area (Å²) < 4.78 is 0. The Kier molecular flexibility index (Phi) is 2.21. The van der Waals surface area contributed by atoms with Crippen molar-refractivity contribution in [3.63, 3.8) is 0 Å². The van der Waals surface area contributed by atoms with Crippen LogP contribution >= 0.6 is 0 Å². The van der Waals surface area contributed by atoms with E-state index in [0.29, 0.717) is 23.2 Å². The molecule has 0 heterocycles. The average molecular weight is 208 g/mol. The average Bonchev–Trinajstić information content (AvgIpc) is 2.09. The summed E-state index contributed by atoms with van der Waals surface area (Å²) in [6.45, 7) is 8.98. The first-order valence-corrected chi connectivity index (χ1v) is 5.77. The van der Waals surface area contributed by atoms with Gasteiger partial charge in [-0.15, -0.1) is 0 Å². The molecule has 0 spiro atoms. The molecule has 0 aliphatic heterocycles. The van der Waals surface area contributed by atoms with Gasteiger partial charge in [-0.25, -0.2) is 0 Å². The van der Waals surface area contributed by atoms with Crippen molar-refractivity contribution in [3.8, 4) is 0 Å². The maximum Gasteiger partial charge on any atom is 0.307 e. The largest absolute Gasteiger partial charge is 0.481 e. The smallest absolute Gasteiger partial charge is 0.307 e. The zero-order chi connectivity index (χ0) is 11.4. The summed E-state index contributed by atoms with van der Waals surface area (Å²) in [5, 5.41) is 8.90. The van der Waals surface area contributed by atoms with E-state index in [4.69, 9.17) is 5.11 Å². The number of carboxylic acids is 1. The molecule has 1 fully saturated rings. The highest BCUT2D eigenvalue weighted by molar-refractivity contribution is 5.70. The summed E-state index contributed by atoms with van der Waals surface area (Å²) in [4.78, 5) is 10.8. The number of aliphatic carboxylic acids is 1. The van der Waals surface area contributed by atoms with Gasteiger partial charge in [0.1, 0.15) is 0 Å². The van der Waals surface area contributed by atoms with Crippen molar-refractivity contribution in [2.75, 3.05) is 0 Å².